The molecule has 0 heterocycles. The maximum Gasteiger partial charge on any atom is 0.234 e. The van der Waals surface area contributed by atoms with Gasteiger partial charge in [0.25, 0.3) is 0 Å². The molecule has 5 heteroatoms. The highest BCUT2D eigenvalue weighted by Crippen LogP contribution is 2.27. The molecule has 1 unspecified atom stereocenters. The lowest BCUT2D eigenvalue weighted by atomic mass is 10.0. The molecular weight excluding hydrogens is 206 g/mol. The molecule has 4 N–H and O–H groups in total. The summed E-state index contributed by atoms with van der Waals surface area (Å²) in [6.45, 7) is 4.69. The minimum Gasteiger partial charge on any atom is -0.368 e. The molecule has 1 fully saturated rings. The van der Waals surface area contributed by atoms with Gasteiger partial charge < -0.3 is 11.1 Å². The first-order valence-corrected chi connectivity index (χ1v) is 5.80. The van der Waals surface area contributed by atoms with Crippen molar-refractivity contribution in [1.82, 2.24) is 10.6 Å². The van der Waals surface area contributed by atoms with E-state index in [-0.39, 0.29) is 18.4 Å². The first kappa shape index (κ1) is 13.0. The van der Waals surface area contributed by atoms with Gasteiger partial charge in [0.05, 0.1) is 12.6 Å². The van der Waals surface area contributed by atoms with Crippen LogP contribution in [0.4, 0.5) is 0 Å². The molecule has 1 aliphatic carbocycles. The van der Waals surface area contributed by atoms with Gasteiger partial charge in [0.2, 0.25) is 11.8 Å². The van der Waals surface area contributed by atoms with E-state index in [1.165, 1.54) is 12.8 Å². The van der Waals surface area contributed by atoms with E-state index in [0.29, 0.717) is 5.92 Å². The maximum absolute atomic E-state index is 11.4. The van der Waals surface area contributed by atoms with Crippen molar-refractivity contribution in [2.75, 3.05) is 13.1 Å². The molecule has 92 valence electrons. The van der Waals surface area contributed by atoms with Crippen molar-refractivity contribution in [3.63, 3.8) is 0 Å². The average Bonchev–Trinajstić information content (AvgIpc) is 2.97. The molecule has 5 nitrogen and oxygen atoms in total. The maximum atomic E-state index is 11.4. The number of nitrogens with one attached hydrogen (secondary N) is 2. The number of nitrogens with two attached hydrogens (primary N) is 1. The quantitative estimate of drug-likeness (QED) is 0.554. The number of carbonyl (C=O) groups is 2. The molecule has 1 rings (SSSR count). The Morgan fingerprint density at radius 2 is 2.00 bits per heavy atom. The summed E-state index contributed by atoms with van der Waals surface area (Å²) in [6, 6.07) is -0.438. The number of hydrogen-bond donors (Lipinski definition) is 3. The zero-order chi connectivity index (χ0) is 12.1. The summed E-state index contributed by atoms with van der Waals surface area (Å²) in [7, 11) is 0. The van der Waals surface area contributed by atoms with Crippen LogP contribution in [0.5, 0.6) is 0 Å². The third-order valence-corrected chi connectivity index (χ3v) is 2.74. The second-order valence-corrected chi connectivity index (χ2v) is 4.75. The van der Waals surface area contributed by atoms with Crippen molar-refractivity contribution in [2.45, 2.75) is 32.7 Å². The van der Waals surface area contributed by atoms with Gasteiger partial charge in [-0.15, -0.1) is 0 Å². The summed E-state index contributed by atoms with van der Waals surface area (Å²) in [5, 5.41) is 5.70. The van der Waals surface area contributed by atoms with E-state index in [9.17, 15) is 9.59 Å². The van der Waals surface area contributed by atoms with Crippen LogP contribution in [0.25, 0.3) is 0 Å². The van der Waals surface area contributed by atoms with Crippen LogP contribution in [-0.2, 0) is 9.59 Å². The molecule has 16 heavy (non-hydrogen) atoms. The molecule has 1 saturated carbocycles. The molecule has 0 aromatic heterocycles. The Morgan fingerprint density at radius 1 is 1.38 bits per heavy atom. The van der Waals surface area contributed by atoms with Gasteiger partial charge in [0.1, 0.15) is 0 Å². The van der Waals surface area contributed by atoms with Gasteiger partial charge in [-0.2, -0.15) is 0 Å². The smallest absolute Gasteiger partial charge is 0.234 e. The van der Waals surface area contributed by atoms with E-state index < -0.39 is 11.9 Å². The lowest BCUT2D eigenvalue weighted by Crippen LogP contribution is -2.48. The van der Waals surface area contributed by atoms with Gasteiger partial charge in [-0.25, -0.2) is 0 Å². The van der Waals surface area contributed by atoms with Crippen LogP contribution in [-0.4, -0.2) is 30.9 Å². The molecule has 1 aliphatic rings. The minimum atomic E-state index is -0.438. The minimum absolute atomic E-state index is 0.0706. The topological polar surface area (TPSA) is 84.2 Å². The highest BCUT2D eigenvalue weighted by Gasteiger charge is 2.22. The number of amides is 2. The van der Waals surface area contributed by atoms with Crippen LogP contribution in [0.1, 0.15) is 26.7 Å². The predicted octanol–water partition coefficient (Wildman–Crippen LogP) is -0.388. The summed E-state index contributed by atoms with van der Waals surface area (Å²) in [6.07, 6.45) is 2.42. The third-order valence-electron chi connectivity index (χ3n) is 2.74. The number of rotatable bonds is 7. The molecule has 0 aliphatic heterocycles. The normalized spacial score (nSPS) is 17.2. The molecule has 1 atom stereocenters. The van der Waals surface area contributed by atoms with E-state index in [1.54, 1.807) is 0 Å². The molecule has 0 spiro atoms. The van der Waals surface area contributed by atoms with Crippen molar-refractivity contribution in [3.8, 4) is 0 Å². The highest BCUT2D eigenvalue weighted by atomic mass is 16.2. The number of carbonyl (C=O) groups excluding carboxylic acids is 2. The summed E-state index contributed by atoms with van der Waals surface area (Å²) >= 11 is 0. The van der Waals surface area contributed by atoms with Gasteiger partial charge in [0.15, 0.2) is 0 Å². The Balaban J connectivity index is 2.19. The molecule has 0 aromatic rings. The Bertz CT molecular complexity index is 262. The molecule has 2 amide bonds. The standard InChI is InChI=1S/C11H21N3O2/c1-7(2)10(11(12)16)14-6-9(15)13-5-8-3-4-8/h7-8,10,14H,3-6H2,1-2H3,(H2,12,16)(H,13,15). The number of hydrogen-bond acceptors (Lipinski definition) is 3. The zero-order valence-corrected chi connectivity index (χ0v) is 9.95. The lowest BCUT2D eigenvalue weighted by Gasteiger charge is -2.18. The summed E-state index contributed by atoms with van der Waals surface area (Å²) in [5.41, 5.74) is 5.22. The first-order valence-electron chi connectivity index (χ1n) is 5.80. The Kier molecular flexibility index (Phi) is 4.73. The van der Waals surface area contributed by atoms with E-state index in [1.807, 2.05) is 13.8 Å². The average molecular weight is 227 g/mol. The Morgan fingerprint density at radius 3 is 2.44 bits per heavy atom. The fourth-order valence-corrected chi connectivity index (χ4v) is 1.51. The van der Waals surface area contributed by atoms with E-state index in [0.717, 1.165) is 6.54 Å². The summed E-state index contributed by atoms with van der Waals surface area (Å²) < 4.78 is 0. The fourth-order valence-electron chi connectivity index (χ4n) is 1.51. The SMILES string of the molecule is CC(C)C(NCC(=O)NCC1CC1)C(N)=O. The Labute approximate surface area is 96.1 Å². The highest BCUT2D eigenvalue weighted by molar-refractivity contribution is 5.82. The van der Waals surface area contributed by atoms with Crippen LogP contribution in [0.2, 0.25) is 0 Å². The predicted molar refractivity (Wildman–Crippen MR) is 61.6 cm³/mol. The van der Waals surface area contributed by atoms with Gasteiger partial charge in [-0.3, -0.25) is 14.9 Å². The van der Waals surface area contributed by atoms with Gasteiger partial charge in [-0.05, 0) is 24.7 Å². The second kappa shape index (κ2) is 5.84. The van der Waals surface area contributed by atoms with Crippen molar-refractivity contribution in [3.05, 3.63) is 0 Å². The van der Waals surface area contributed by atoms with Crippen molar-refractivity contribution < 1.29 is 9.59 Å². The van der Waals surface area contributed by atoms with Crippen molar-refractivity contribution in [1.29, 1.82) is 0 Å². The van der Waals surface area contributed by atoms with Gasteiger partial charge in [-0.1, -0.05) is 13.8 Å². The molecule has 0 bridgehead atoms. The van der Waals surface area contributed by atoms with Crippen molar-refractivity contribution in [2.24, 2.45) is 17.6 Å². The van der Waals surface area contributed by atoms with Gasteiger partial charge in [0, 0.05) is 6.54 Å². The molecular formula is C11H21N3O2. The summed E-state index contributed by atoms with van der Waals surface area (Å²) in [4.78, 5) is 22.5. The fraction of sp³-hybridized carbons (Fsp3) is 0.818. The number of primary amides is 1. The molecule has 0 saturated heterocycles. The van der Waals surface area contributed by atoms with E-state index >= 15 is 0 Å². The van der Waals surface area contributed by atoms with Crippen LogP contribution in [0, 0.1) is 11.8 Å². The van der Waals surface area contributed by atoms with Crippen LogP contribution >= 0.6 is 0 Å². The van der Waals surface area contributed by atoms with E-state index in [4.69, 9.17) is 5.73 Å². The molecule has 0 aromatic carbocycles. The van der Waals surface area contributed by atoms with Crippen LogP contribution in [0.15, 0.2) is 0 Å². The monoisotopic (exact) mass is 227 g/mol. The van der Waals surface area contributed by atoms with Gasteiger partial charge >= 0.3 is 0 Å². The zero-order valence-electron chi connectivity index (χ0n) is 9.95. The van der Waals surface area contributed by atoms with Crippen LogP contribution < -0.4 is 16.4 Å². The van der Waals surface area contributed by atoms with E-state index in [2.05, 4.69) is 10.6 Å². The largest absolute Gasteiger partial charge is 0.368 e. The molecule has 0 radical (unpaired) electrons. The third kappa shape index (κ3) is 4.61. The summed E-state index contributed by atoms with van der Waals surface area (Å²) in [5.74, 6) is 0.276. The van der Waals surface area contributed by atoms with Crippen molar-refractivity contribution >= 4 is 11.8 Å². The lowest BCUT2D eigenvalue weighted by molar-refractivity contribution is -0.122. The second-order valence-electron chi connectivity index (χ2n) is 4.75. The first-order chi connectivity index (χ1) is 7.50. The Hall–Kier alpha value is -1.10. The van der Waals surface area contributed by atoms with Crippen LogP contribution in [0.3, 0.4) is 0 Å².